The predicted octanol–water partition coefficient (Wildman–Crippen LogP) is 1.62. The Hall–Kier alpha value is -1.15. The Morgan fingerprint density at radius 3 is 2.89 bits per heavy atom. The molecule has 0 spiro atoms. The first-order valence-corrected chi connectivity index (χ1v) is 8.16. The molecule has 0 aliphatic rings. The van der Waals surface area contributed by atoms with Crippen LogP contribution in [0.3, 0.4) is 0 Å². The maximum Gasteiger partial charge on any atom is 0.244 e. The Labute approximate surface area is 117 Å². The molecule has 5 nitrogen and oxygen atoms in total. The van der Waals surface area contributed by atoms with E-state index < -0.39 is 10.0 Å². The molecular formula is C12H17N3O2S2. The number of H-pyrrole nitrogens is 1. The lowest BCUT2D eigenvalue weighted by molar-refractivity contribution is 0.470. The number of aromatic nitrogens is 1. The van der Waals surface area contributed by atoms with Gasteiger partial charge in [-0.15, -0.1) is 11.3 Å². The number of hydrogen-bond donors (Lipinski definition) is 2. The lowest BCUT2D eigenvalue weighted by Crippen LogP contribution is -2.25. The van der Waals surface area contributed by atoms with Gasteiger partial charge in [-0.25, -0.2) is 8.42 Å². The van der Waals surface area contributed by atoms with Crippen molar-refractivity contribution in [3.05, 3.63) is 40.3 Å². The van der Waals surface area contributed by atoms with Gasteiger partial charge in [0.15, 0.2) is 0 Å². The fourth-order valence-electron chi connectivity index (χ4n) is 1.75. The lowest BCUT2D eigenvalue weighted by atomic mass is 10.4. The van der Waals surface area contributed by atoms with Crippen LogP contribution in [-0.4, -0.2) is 31.8 Å². The predicted molar refractivity (Wildman–Crippen MR) is 76.5 cm³/mol. The third kappa shape index (κ3) is 3.24. The molecule has 104 valence electrons. The molecule has 0 unspecified atom stereocenters. The summed E-state index contributed by atoms with van der Waals surface area (Å²) in [4.78, 5) is 4.29. The Morgan fingerprint density at radius 1 is 1.47 bits per heavy atom. The molecule has 0 saturated carbocycles. The van der Waals surface area contributed by atoms with Crippen LogP contribution in [0.5, 0.6) is 0 Å². The van der Waals surface area contributed by atoms with Crippen LogP contribution in [0.1, 0.15) is 10.6 Å². The summed E-state index contributed by atoms with van der Waals surface area (Å²) in [6.45, 7) is 1.01. The summed E-state index contributed by atoms with van der Waals surface area (Å²) in [5.41, 5.74) is 0.852. The molecule has 2 heterocycles. The maximum atomic E-state index is 12.4. The molecule has 0 aliphatic carbocycles. The standard InChI is InChI=1S/C12H17N3O2S2/c1-13-7-10-6-12(8-14-10)19(16,17)15(2)9-11-4-3-5-18-11/h3-6,8,13-14H,7,9H2,1-2H3. The number of hydrogen-bond acceptors (Lipinski definition) is 4. The third-order valence-corrected chi connectivity index (χ3v) is 5.39. The van der Waals surface area contributed by atoms with Gasteiger partial charge in [0.05, 0.1) is 4.90 Å². The average Bonchev–Trinajstić information content (AvgIpc) is 3.00. The van der Waals surface area contributed by atoms with Gasteiger partial charge in [0, 0.05) is 36.9 Å². The molecule has 2 N–H and O–H groups in total. The van der Waals surface area contributed by atoms with E-state index in [9.17, 15) is 8.42 Å². The number of sulfonamides is 1. The summed E-state index contributed by atoms with van der Waals surface area (Å²) in [5, 5.41) is 4.92. The molecule has 0 bridgehead atoms. The molecule has 0 aromatic carbocycles. The summed E-state index contributed by atoms with van der Waals surface area (Å²) < 4.78 is 26.1. The van der Waals surface area contributed by atoms with E-state index in [2.05, 4.69) is 10.3 Å². The molecule has 0 saturated heterocycles. The van der Waals surface area contributed by atoms with E-state index in [1.165, 1.54) is 10.5 Å². The van der Waals surface area contributed by atoms with Crippen molar-refractivity contribution in [2.45, 2.75) is 18.0 Å². The van der Waals surface area contributed by atoms with Gasteiger partial charge in [0.25, 0.3) is 0 Å². The van der Waals surface area contributed by atoms with Crippen LogP contribution in [0.2, 0.25) is 0 Å². The van der Waals surface area contributed by atoms with Crippen molar-refractivity contribution in [1.82, 2.24) is 14.6 Å². The number of aromatic amines is 1. The van der Waals surface area contributed by atoms with Gasteiger partial charge in [-0.1, -0.05) is 6.07 Å². The van der Waals surface area contributed by atoms with E-state index >= 15 is 0 Å². The lowest BCUT2D eigenvalue weighted by Gasteiger charge is -2.15. The van der Waals surface area contributed by atoms with E-state index in [0.717, 1.165) is 10.6 Å². The molecule has 19 heavy (non-hydrogen) atoms. The molecule has 7 heteroatoms. The van der Waals surface area contributed by atoms with Crippen LogP contribution in [0.4, 0.5) is 0 Å². The Bertz CT molecular complexity index is 617. The highest BCUT2D eigenvalue weighted by Crippen LogP contribution is 2.19. The van der Waals surface area contributed by atoms with Crippen LogP contribution in [0, 0.1) is 0 Å². The van der Waals surface area contributed by atoms with Crippen molar-refractivity contribution in [2.75, 3.05) is 14.1 Å². The minimum atomic E-state index is -3.43. The smallest absolute Gasteiger partial charge is 0.244 e. The average molecular weight is 299 g/mol. The van der Waals surface area contributed by atoms with Crippen LogP contribution < -0.4 is 5.32 Å². The van der Waals surface area contributed by atoms with Crippen molar-refractivity contribution in [2.24, 2.45) is 0 Å². The summed E-state index contributed by atoms with van der Waals surface area (Å²) in [6, 6.07) is 5.51. The number of nitrogens with zero attached hydrogens (tertiary/aromatic N) is 1. The molecule has 0 fully saturated rings. The summed E-state index contributed by atoms with van der Waals surface area (Å²) in [7, 11) is -0.0172. The second-order valence-corrected chi connectivity index (χ2v) is 7.31. The number of rotatable bonds is 6. The molecule has 0 atom stereocenters. The van der Waals surface area contributed by atoms with E-state index in [1.54, 1.807) is 24.5 Å². The largest absolute Gasteiger partial charge is 0.363 e. The van der Waals surface area contributed by atoms with Gasteiger partial charge in [-0.2, -0.15) is 4.31 Å². The molecule has 2 aromatic rings. The molecule has 2 rings (SSSR count). The first-order chi connectivity index (χ1) is 9.04. The summed E-state index contributed by atoms with van der Waals surface area (Å²) in [6.07, 6.45) is 1.53. The molecule has 2 aromatic heterocycles. The summed E-state index contributed by atoms with van der Waals surface area (Å²) in [5.74, 6) is 0. The fraction of sp³-hybridized carbons (Fsp3) is 0.333. The van der Waals surface area contributed by atoms with Crippen LogP contribution in [0.15, 0.2) is 34.7 Å². The number of thiophene rings is 1. The first-order valence-electron chi connectivity index (χ1n) is 5.84. The van der Waals surface area contributed by atoms with Gasteiger partial charge in [-0.05, 0) is 24.6 Å². The topological polar surface area (TPSA) is 65.2 Å². The normalized spacial score (nSPS) is 12.2. The minimum absolute atomic E-state index is 0.303. The highest BCUT2D eigenvalue weighted by molar-refractivity contribution is 7.89. The molecule has 0 amide bonds. The van der Waals surface area contributed by atoms with Crippen molar-refractivity contribution in [1.29, 1.82) is 0 Å². The quantitative estimate of drug-likeness (QED) is 0.852. The van der Waals surface area contributed by atoms with E-state index in [-0.39, 0.29) is 0 Å². The monoisotopic (exact) mass is 299 g/mol. The zero-order valence-corrected chi connectivity index (χ0v) is 12.5. The fourth-order valence-corrected chi connectivity index (χ4v) is 3.75. The highest BCUT2D eigenvalue weighted by Gasteiger charge is 2.22. The SMILES string of the molecule is CNCc1cc(S(=O)(=O)N(C)Cc2cccs2)c[nH]1. The van der Waals surface area contributed by atoms with Gasteiger partial charge >= 0.3 is 0 Å². The molecular weight excluding hydrogens is 282 g/mol. The third-order valence-electron chi connectivity index (χ3n) is 2.75. The minimum Gasteiger partial charge on any atom is -0.363 e. The second kappa shape index (κ2) is 5.87. The molecule has 0 aliphatic heterocycles. The summed E-state index contributed by atoms with van der Waals surface area (Å²) >= 11 is 1.55. The van der Waals surface area contributed by atoms with E-state index in [0.29, 0.717) is 18.0 Å². The Kier molecular flexibility index (Phi) is 4.41. The van der Waals surface area contributed by atoms with Crippen molar-refractivity contribution < 1.29 is 8.42 Å². The van der Waals surface area contributed by atoms with E-state index in [1.807, 2.05) is 24.6 Å². The van der Waals surface area contributed by atoms with Crippen molar-refractivity contribution in [3.63, 3.8) is 0 Å². The van der Waals surface area contributed by atoms with Crippen LogP contribution >= 0.6 is 11.3 Å². The number of nitrogens with one attached hydrogen (secondary N) is 2. The van der Waals surface area contributed by atoms with Gasteiger partial charge in [0.1, 0.15) is 0 Å². The van der Waals surface area contributed by atoms with Crippen molar-refractivity contribution in [3.8, 4) is 0 Å². The highest BCUT2D eigenvalue weighted by atomic mass is 32.2. The van der Waals surface area contributed by atoms with Crippen molar-refractivity contribution >= 4 is 21.4 Å². The van der Waals surface area contributed by atoms with Gasteiger partial charge < -0.3 is 10.3 Å². The van der Waals surface area contributed by atoms with Gasteiger partial charge in [-0.3, -0.25) is 0 Å². The second-order valence-electron chi connectivity index (χ2n) is 4.23. The first kappa shape index (κ1) is 14.3. The zero-order chi connectivity index (χ0) is 13.9. The van der Waals surface area contributed by atoms with Crippen LogP contribution in [0.25, 0.3) is 0 Å². The molecule has 0 radical (unpaired) electrons. The van der Waals surface area contributed by atoms with Gasteiger partial charge in [0.2, 0.25) is 10.0 Å². The maximum absolute atomic E-state index is 12.4. The zero-order valence-electron chi connectivity index (χ0n) is 10.9. The Morgan fingerprint density at radius 2 is 2.26 bits per heavy atom. The van der Waals surface area contributed by atoms with Crippen LogP contribution in [-0.2, 0) is 23.1 Å². The van der Waals surface area contributed by atoms with E-state index in [4.69, 9.17) is 0 Å². The Balaban J connectivity index is 2.16.